The molecule has 0 aromatic heterocycles. The Bertz CT molecular complexity index is 586. The maximum absolute atomic E-state index is 6.06. The third-order valence-electron chi connectivity index (χ3n) is 2.78. The first-order chi connectivity index (χ1) is 9.56. The van der Waals surface area contributed by atoms with Crippen molar-refractivity contribution in [3.05, 3.63) is 56.1 Å². The largest absolute Gasteiger partial charge is 0.456 e. The molecule has 0 amide bonds. The molecule has 0 spiro atoms. The van der Waals surface area contributed by atoms with E-state index >= 15 is 0 Å². The number of ether oxygens (including phenoxy) is 1. The summed E-state index contributed by atoms with van der Waals surface area (Å²) < 4.78 is 8.23. The van der Waals surface area contributed by atoms with Gasteiger partial charge in [0.15, 0.2) is 0 Å². The summed E-state index contributed by atoms with van der Waals surface area (Å²) in [5.74, 6) is 1.78. The summed E-state index contributed by atoms with van der Waals surface area (Å²) in [6.45, 7) is 5.06. The number of nitrogens with one attached hydrogen (secondary N) is 1. The third kappa shape index (κ3) is 4.46. The third-order valence-corrected chi connectivity index (χ3v) is 4.16. The molecule has 1 N–H and O–H groups in total. The van der Waals surface area contributed by atoms with Crippen molar-refractivity contribution in [2.45, 2.75) is 26.4 Å². The summed E-state index contributed by atoms with van der Waals surface area (Å²) in [5, 5.41) is 3.43. The van der Waals surface area contributed by atoms with Crippen LogP contribution in [0.4, 0.5) is 0 Å². The molecule has 0 unspecified atom stereocenters. The van der Waals surface area contributed by atoms with Crippen molar-refractivity contribution in [1.29, 1.82) is 0 Å². The van der Waals surface area contributed by atoms with Gasteiger partial charge in [0, 0.05) is 22.6 Å². The first-order valence-electron chi connectivity index (χ1n) is 6.50. The minimum absolute atomic E-state index is 0.443. The second-order valence-electron chi connectivity index (χ2n) is 4.82. The molecule has 0 aliphatic heterocycles. The molecule has 0 atom stereocenters. The Kier molecular flexibility index (Phi) is 5.86. The van der Waals surface area contributed by atoms with Crippen LogP contribution in [0.5, 0.6) is 11.5 Å². The topological polar surface area (TPSA) is 21.3 Å². The summed E-state index contributed by atoms with van der Waals surface area (Å²) in [7, 11) is 0. The molecule has 2 aromatic carbocycles. The minimum atomic E-state index is 0.443. The zero-order chi connectivity index (χ0) is 14.5. The van der Waals surface area contributed by atoms with Crippen LogP contribution in [0.15, 0.2) is 46.9 Å². The zero-order valence-electron chi connectivity index (χ0n) is 11.5. The number of benzene rings is 2. The summed E-state index contributed by atoms with van der Waals surface area (Å²) >= 11 is 5.81. The lowest BCUT2D eigenvalue weighted by Gasteiger charge is -2.14. The lowest BCUT2D eigenvalue weighted by molar-refractivity contribution is 0.466. The van der Waals surface area contributed by atoms with Gasteiger partial charge < -0.3 is 10.1 Å². The summed E-state index contributed by atoms with van der Waals surface area (Å²) in [6.07, 6.45) is 0. The summed E-state index contributed by atoms with van der Waals surface area (Å²) in [5.41, 5.74) is 1.15. The standard InChI is InChI=1S/C16H17BrINO/c1-11(2)19-10-12-9-13(17)7-8-15(12)20-16-6-4-3-5-14(16)18/h3-9,11,19H,10H2,1-2H3. The van der Waals surface area contributed by atoms with Crippen LogP contribution in [-0.4, -0.2) is 6.04 Å². The molecule has 0 radical (unpaired) electrons. The minimum Gasteiger partial charge on any atom is -0.456 e. The highest BCUT2D eigenvalue weighted by Gasteiger charge is 2.08. The predicted molar refractivity (Wildman–Crippen MR) is 95.4 cm³/mol. The molecule has 2 rings (SSSR count). The fourth-order valence-corrected chi connectivity index (χ4v) is 2.65. The SMILES string of the molecule is CC(C)NCc1cc(Br)ccc1Oc1ccccc1I. The Morgan fingerprint density at radius 2 is 1.90 bits per heavy atom. The van der Waals surface area contributed by atoms with Crippen molar-refractivity contribution in [1.82, 2.24) is 5.32 Å². The second-order valence-corrected chi connectivity index (χ2v) is 6.90. The highest BCUT2D eigenvalue weighted by Crippen LogP contribution is 2.30. The average Bonchev–Trinajstić information content (AvgIpc) is 2.41. The highest BCUT2D eigenvalue weighted by atomic mass is 127. The number of halogens is 2. The van der Waals surface area contributed by atoms with Crippen LogP contribution < -0.4 is 10.1 Å². The van der Waals surface area contributed by atoms with Crippen LogP contribution in [0.3, 0.4) is 0 Å². The van der Waals surface area contributed by atoms with Gasteiger partial charge in [-0.3, -0.25) is 0 Å². The highest BCUT2D eigenvalue weighted by molar-refractivity contribution is 14.1. The van der Waals surface area contributed by atoms with Crippen LogP contribution in [-0.2, 0) is 6.54 Å². The monoisotopic (exact) mass is 445 g/mol. The van der Waals surface area contributed by atoms with E-state index in [4.69, 9.17) is 4.74 Å². The van der Waals surface area contributed by atoms with Gasteiger partial charge in [-0.2, -0.15) is 0 Å². The van der Waals surface area contributed by atoms with E-state index in [0.29, 0.717) is 6.04 Å². The molecule has 0 bridgehead atoms. The molecule has 2 aromatic rings. The fraction of sp³-hybridized carbons (Fsp3) is 0.250. The average molecular weight is 446 g/mol. The lowest BCUT2D eigenvalue weighted by atomic mass is 10.2. The summed E-state index contributed by atoms with van der Waals surface area (Å²) in [4.78, 5) is 0. The van der Waals surface area contributed by atoms with Gasteiger partial charge in [0.05, 0.1) is 3.57 Å². The van der Waals surface area contributed by atoms with E-state index in [1.165, 1.54) is 0 Å². The number of para-hydroxylation sites is 1. The number of hydrogen-bond donors (Lipinski definition) is 1. The van der Waals surface area contributed by atoms with E-state index in [0.717, 1.165) is 31.7 Å². The van der Waals surface area contributed by atoms with Crippen molar-refractivity contribution < 1.29 is 4.74 Å². The van der Waals surface area contributed by atoms with Crippen molar-refractivity contribution >= 4 is 38.5 Å². The lowest BCUT2D eigenvalue weighted by Crippen LogP contribution is -2.22. The molecule has 0 aliphatic rings. The first kappa shape index (κ1) is 15.8. The van der Waals surface area contributed by atoms with Crippen LogP contribution in [0.2, 0.25) is 0 Å². The molecule has 106 valence electrons. The Hall–Kier alpha value is -0.590. The molecule has 2 nitrogen and oxygen atoms in total. The van der Waals surface area contributed by atoms with Gasteiger partial charge in [0.25, 0.3) is 0 Å². The van der Waals surface area contributed by atoms with Crippen molar-refractivity contribution in [2.24, 2.45) is 0 Å². The van der Waals surface area contributed by atoms with E-state index < -0.39 is 0 Å². The fourth-order valence-electron chi connectivity index (χ4n) is 1.75. The molecule has 0 saturated heterocycles. The van der Waals surface area contributed by atoms with E-state index in [-0.39, 0.29) is 0 Å². The quantitative estimate of drug-likeness (QED) is 0.627. The van der Waals surface area contributed by atoms with Gasteiger partial charge in [-0.1, -0.05) is 41.9 Å². The van der Waals surface area contributed by atoms with Gasteiger partial charge in [-0.25, -0.2) is 0 Å². The normalized spacial score (nSPS) is 10.8. The molecule has 4 heteroatoms. The molecule has 20 heavy (non-hydrogen) atoms. The summed E-state index contributed by atoms with van der Waals surface area (Å²) in [6, 6.07) is 14.6. The Labute approximate surface area is 142 Å². The van der Waals surface area contributed by atoms with Crippen molar-refractivity contribution in [3.8, 4) is 11.5 Å². The Balaban J connectivity index is 2.24. The van der Waals surface area contributed by atoms with E-state index in [1.54, 1.807) is 0 Å². The molecule has 0 fully saturated rings. The molecule has 0 heterocycles. The van der Waals surface area contributed by atoms with Gasteiger partial charge in [0.2, 0.25) is 0 Å². The van der Waals surface area contributed by atoms with Gasteiger partial charge in [-0.05, 0) is 52.9 Å². The van der Waals surface area contributed by atoms with Crippen LogP contribution >= 0.6 is 38.5 Å². The maximum Gasteiger partial charge on any atom is 0.140 e. The van der Waals surface area contributed by atoms with Crippen LogP contribution in [0, 0.1) is 3.57 Å². The molecular formula is C16H17BrINO. The van der Waals surface area contributed by atoms with Gasteiger partial charge >= 0.3 is 0 Å². The number of hydrogen-bond acceptors (Lipinski definition) is 2. The van der Waals surface area contributed by atoms with E-state index in [2.05, 4.69) is 63.8 Å². The van der Waals surface area contributed by atoms with Crippen molar-refractivity contribution in [2.75, 3.05) is 0 Å². The second kappa shape index (κ2) is 7.43. The first-order valence-corrected chi connectivity index (χ1v) is 8.37. The van der Waals surface area contributed by atoms with E-state index in [1.807, 2.05) is 36.4 Å². The van der Waals surface area contributed by atoms with Gasteiger partial charge in [0.1, 0.15) is 11.5 Å². The van der Waals surface area contributed by atoms with Crippen LogP contribution in [0.1, 0.15) is 19.4 Å². The van der Waals surface area contributed by atoms with Crippen molar-refractivity contribution in [3.63, 3.8) is 0 Å². The van der Waals surface area contributed by atoms with Crippen LogP contribution in [0.25, 0.3) is 0 Å². The van der Waals surface area contributed by atoms with Gasteiger partial charge in [-0.15, -0.1) is 0 Å². The Morgan fingerprint density at radius 3 is 2.60 bits per heavy atom. The maximum atomic E-state index is 6.06. The smallest absolute Gasteiger partial charge is 0.140 e. The molecule has 0 saturated carbocycles. The Morgan fingerprint density at radius 1 is 1.15 bits per heavy atom. The van der Waals surface area contributed by atoms with E-state index in [9.17, 15) is 0 Å². The molecular weight excluding hydrogens is 429 g/mol. The zero-order valence-corrected chi connectivity index (χ0v) is 15.2. The predicted octanol–water partition coefficient (Wildman–Crippen LogP) is 5.34. The molecule has 0 aliphatic carbocycles. The number of rotatable bonds is 5.